The number of hydrogen-bond donors (Lipinski definition) is 7. The number of carbonyl (C=O) groups is 3. The molecule has 1 saturated carbocycles. The van der Waals surface area contributed by atoms with E-state index in [-0.39, 0.29) is 56.1 Å². The monoisotopic (exact) mass is 855 g/mol. The van der Waals surface area contributed by atoms with E-state index in [0.29, 0.717) is 49.5 Å². The number of likely N-dealkylation sites (tertiary alicyclic amines) is 2. The van der Waals surface area contributed by atoms with E-state index >= 15 is 0 Å². The Balaban J connectivity index is 0.839. The summed E-state index contributed by atoms with van der Waals surface area (Å²) in [6.45, 7) is 1.31. The largest absolute Gasteiger partial charge is 0.504 e. The topological polar surface area (TPSA) is 206 Å². The van der Waals surface area contributed by atoms with Crippen molar-refractivity contribution < 1.29 is 49.0 Å². The van der Waals surface area contributed by atoms with Crippen molar-refractivity contribution in [1.82, 2.24) is 25.4 Å². The number of carbonyl (C=O) groups excluding carboxylic acids is 3. The van der Waals surface area contributed by atoms with E-state index in [2.05, 4.69) is 20.5 Å². The summed E-state index contributed by atoms with van der Waals surface area (Å²) < 4.78 is 19.0. The van der Waals surface area contributed by atoms with Crippen LogP contribution < -0.4 is 20.1 Å². The van der Waals surface area contributed by atoms with E-state index in [9.17, 15) is 34.8 Å². The minimum absolute atomic E-state index is 0.0173. The van der Waals surface area contributed by atoms with Crippen LogP contribution in [0.2, 0.25) is 0 Å². The molecule has 2 spiro atoms. The summed E-state index contributed by atoms with van der Waals surface area (Å²) in [5.74, 6) is 0.495. The molecule has 0 unspecified atom stereocenters. The first-order valence-corrected chi connectivity index (χ1v) is 22.4. The number of amides is 3. The number of piperidine rings is 2. The zero-order chi connectivity index (χ0) is 42.8. The van der Waals surface area contributed by atoms with E-state index in [4.69, 9.17) is 14.2 Å². The number of phenols is 2. The van der Waals surface area contributed by atoms with Gasteiger partial charge in [0.15, 0.2) is 35.2 Å². The predicted octanol–water partition coefficient (Wildman–Crippen LogP) is 2.98. The number of aromatic hydroxyl groups is 2. The predicted molar refractivity (Wildman–Crippen MR) is 222 cm³/mol. The molecule has 4 bridgehead atoms. The second-order valence-electron chi connectivity index (χ2n) is 19.6. The number of phenolic OH excluding ortho intramolecular Hbond substituents is 2. The SMILES string of the molecule is O=C(CNC(=O)OCc1ccccc1)NCC(=O)N1CC[C@]23c4c5ccc(O)c4O[C@H]2c2[nH]c4c(c2C[C@@]3(O)[C@H]1C5)C[C@@]1(O)[C@H]2Cc3ccc(O)c5c3[C@@]1(CCN2CC1CC1)[C@H]4O5. The fourth-order valence-corrected chi connectivity index (χ4v) is 14.0. The highest BCUT2D eigenvalue weighted by Crippen LogP contribution is 2.72. The van der Waals surface area contributed by atoms with E-state index in [1.807, 2.05) is 42.5 Å². The van der Waals surface area contributed by atoms with Crippen molar-refractivity contribution >= 4 is 17.9 Å². The van der Waals surface area contributed by atoms with Gasteiger partial charge in [-0.05, 0) is 90.9 Å². The van der Waals surface area contributed by atoms with Gasteiger partial charge in [0.05, 0.1) is 40.4 Å². The number of hydrogen-bond acceptors (Lipinski definition) is 11. The Morgan fingerprint density at radius 2 is 1.37 bits per heavy atom. The minimum Gasteiger partial charge on any atom is -0.504 e. The maximum atomic E-state index is 14.3. The first-order chi connectivity index (χ1) is 30.4. The molecule has 13 rings (SSSR count). The summed E-state index contributed by atoms with van der Waals surface area (Å²) in [5, 5.41) is 55.0. The molecule has 1 aromatic heterocycles. The zero-order valence-corrected chi connectivity index (χ0v) is 34.6. The van der Waals surface area contributed by atoms with Crippen LogP contribution in [0.1, 0.15) is 88.2 Å². The number of fused-ring (bicyclic) bond motifs is 5. The van der Waals surface area contributed by atoms with Crippen LogP contribution in [0.4, 0.5) is 4.79 Å². The molecule has 8 atom stereocenters. The molecule has 5 heterocycles. The van der Waals surface area contributed by atoms with Gasteiger partial charge < -0.3 is 55.2 Å². The first kappa shape index (κ1) is 37.8. The van der Waals surface area contributed by atoms with Gasteiger partial charge in [-0.3, -0.25) is 14.5 Å². The van der Waals surface area contributed by atoms with Crippen molar-refractivity contribution in [3.63, 3.8) is 0 Å². The molecule has 9 aliphatic rings. The molecule has 2 saturated heterocycles. The maximum absolute atomic E-state index is 14.3. The molecule has 15 nitrogen and oxygen atoms in total. The summed E-state index contributed by atoms with van der Waals surface area (Å²) in [6.07, 6.45) is 2.60. The molecular formula is C48H49N5O10. The van der Waals surface area contributed by atoms with Gasteiger partial charge >= 0.3 is 6.09 Å². The molecule has 63 heavy (non-hydrogen) atoms. The van der Waals surface area contributed by atoms with Gasteiger partial charge in [-0.25, -0.2) is 4.79 Å². The summed E-state index contributed by atoms with van der Waals surface area (Å²) in [4.78, 5) is 47.4. The summed E-state index contributed by atoms with van der Waals surface area (Å²) in [6, 6.07) is 15.4. The molecule has 15 heteroatoms. The van der Waals surface area contributed by atoms with Gasteiger partial charge in [-0.1, -0.05) is 42.5 Å². The van der Waals surface area contributed by atoms with Crippen LogP contribution >= 0.6 is 0 Å². The number of nitrogens with zero attached hydrogens (tertiary/aromatic N) is 2. The number of benzene rings is 3. The second-order valence-corrected chi connectivity index (χ2v) is 19.6. The molecule has 3 aromatic carbocycles. The molecule has 7 N–H and O–H groups in total. The molecule has 326 valence electrons. The summed E-state index contributed by atoms with van der Waals surface area (Å²) >= 11 is 0. The Labute approximate surface area is 362 Å². The van der Waals surface area contributed by atoms with Crippen molar-refractivity contribution in [2.75, 3.05) is 32.7 Å². The fourth-order valence-electron chi connectivity index (χ4n) is 14.0. The third-order valence-corrected chi connectivity index (χ3v) is 16.8. The number of rotatable bonds is 8. The minimum atomic E-state index is -1.57. The van der Waals surface area contributed by atoms with Crippen LogP contribution in [0.15, 0.2) is 54.6 Å². The number of H-pyrrole nitrogens is 1. The van der Waals surface area contributed by atoms with Crippen LogP contribution in [0, 0.1) is 5.92 Å². The summed E-state index contributed by atoms with van der Waals surface area (Å²) in [7, 11) is 0. The number of alkyl carbamates (subject to hydrolysis) is 1. The molecule has 4 aliphatic heterocycles. The maximum Gasteiger partial charge on any atom is 0.407 e. The lowest BCUT2D eigenvalue weighted by Gasteiger charge is -2.63. The molecule has 4 aromatic rings. The molecule has 0 radical (unpaired) electrons. The smallest absolute Gasteiger partial charge is 0.407 e. The van der Waals surface area contributed by atoms with E-state index in [0.717, 1.165) is 63.4 Å². The number of aliphatic hydroxyl groups is 2. The average Bonchev–Trinajstić information content (AvgIpc) is 3.77. The fraction of sp³-hybridized carbons (Fsp3) is 0.479. The highest BCUT2D eigenvalue weighted by molar-refractivity contribution is 5.88. The average molecular weight is 856 g/mol. The highest BCUT2D eigenvalue weighted by atomic mass is 16.5. The second kappa shape index (κ2) is 12.7. The summed E-state index contributed by atoms with van der Waals surface area (Å²) in [5.41, 5.74) is 3.09. The zero-order valence-electron chi connectivity index (χ0n) is 34.6. The van der Waals surface area contributed by atoms with E-state index < -0.39 is 52.3 Å². The third kappa shape index (κ3) is 4.77. The van der Waals surface area contributed by atoms with Crippen molar-refractivity contribution in [2.24, 2.45) is 5.92 Å². The molecular weight excluding hydrogens is 807 g/mol. The van der Waals surface area contributed by atoms with Crippen molar-refractivity contribution in [2.45, 2.75) is 104 Å². The van der Waals surface area contributed by atoms with Crippen molar-refractivity contribution in [3.05, 3.63) is 105 Å². The van der Waals surface area contributed by atoms with Crippen molar-refractivity contribution in [3.8, 4) is 23.0 Å². The Morgan fingerprint density at radius 3 is 2.00 bits per heavy atom. The third-order valence-electron chi connectivity index (χ3n) is 16.8. The first-order valence-electron chi connectivity index (χ1n) is 22.4. The highest BCUT2D eigenvalue weighted by Gasteiger charge is 2.76. The molecule has 3 fully saturated rings. The van der Waals surface area contributed by atoms with Crippen LogP contribution in [0.3, 0.4) is 0 Å². The number of ether oxygens (including phenoxy) is 3. The Morgan fingerprint density at radius 1 is 0.762 bits per heavy atom. The van der Waals surface area contributed by atoms with Crippen LogP contribution in [0.25, 0.3) is 0 Å². The lowest BCUT2D eigenvalue weighted by Crippen LogP contribution is -2.75. The van der Waals surface area contributed by atoms with Gasteiger partial charge in [-0.15, -0.1) is 0 Å². The lowest BCUT2D eigenvalue weighted by atomic mass is 9.47. The standard InChI is InChI=1S/C48H49N5O10/c54-30-10-8-26-16-32-47(59)18-28-29-19-48(60)33-17-27-9-11-31(55)41-37(27)46(48,13-15-53(33)35(57)21-49-34(56)20-50-44(58)61-23-25-4-2-1-3-5-25)43(63-41)39(29)51-38(28)42-45(47,36(26)40(30)62-42)12-14-52(32)22-24-6-7-24/h1-5,8-11,24,32-33,42-43,51,54-55,59-60H,6-7,12-23H2,(H,49,56)(H,50,58)/t32-,33-,42+,43+,45+,46+,47-,48-/m1/s1. The van der Waals surface area contributed by atoms with Gasteiger partial charge in [0.2, 0.25) is 11.8 Å². The van der Waals surface area contributed by atoms with Crippen LogP contribution in [-0.4, -0.2) is 109 Å². The van der Waals surface area contributed by atoms with E-state index in [1.165, 1.54) is 12.8 Å². The van der Waals surface area contributed by atoms with Crippen LogP contribution in [-0.2, 0) is 57.4 Å². The number of nitrogens with one attached hydrogen (secondary N) is 3. The Bertz CT molecular complexity index is 2680. The van der Waals surface area contributed by atoms with E-state index in [1.54, 1.807) is 17.0 Å². The molecule has 3 amide bonds. The van der Waals surface area contributed by atoms with Crippen LogP contribution in [0.5, 0.6) is 23.0 Å². The van der Waals surface area contributed by atoms with Crippen molar-refractivity contribution in [1.29, 1.82) is 0 Å². The molecule has 5 aliphatic carbocycles. The lowest BCUT2D eigenvalue weighted by molar-refractivity contribution is -0.182. The van der Waals surface area contributed by atoms with Gasteiger partial charge in [0, 0.05) is 43.1 Å². The normalized spacial score (nSPS) is 32.9. The van der Waals surface area contributed by atoms with Gasteiger partial charge in [0.25, 0.3) is 0 Å². The quantitative estimate of drug-likeness (QED) is 0.137. The Kier molecular flexibility index (Phi) is 7.61. The van der Waals surface area contributed by atoms with Gasteiger partial charge in [0.1, 0.15) is 18.8 Å². The number of aromatic amines is 1. The Hall–Kier alpha value is -5.77. The van der Waals surface area contributed by atoms with Gasteiger partial charge in [-0.2, -0.15) is 0 Å². The number of aromatic nitrogens is 1.